The molecular weight excluding hydrogens is 354 g/mol. The molecule has 2 atom stereocenters. The summed E-state index contributed by atoms with van der Waals surface area (Å²) >= 11 is 0. The van der Waals surface area contributed by atoms with E-state index in [0.29, 0.717) is 41.6 Å². The van der Waals surface area contributed by atoms with Crippen LogP contribution in [0.25, 0.3) is 5.65 Å². The van der Waals surface area contributed by atoms with E-state index in [1.54, 1.807) is 27.7 Å². The lowest BCUT2D eigenvalue weighted by atomic mass is 10.0. The maximum atomic E-state index is 14.3. The molecule has 4 N–H and O–H groups in total. The molecule has 0 unspecified atom stereocenters. The largest absolute Gasteiger partial charge is 0.492 e. The molecule has 0 aliphatic carbocycles. The van der Waals surface area contributed by atoms with E-state index in [2.05, 4.69) is 10.1 Å². The Kier molecular flexibility index (Phi) is 4.53. The lowest BCUT2D eigenvalue weighted by molar-refractivity contribution is 0.319. The summed E-state index contributed by atoms with van der Waals surface area (Å²) in [5.74, 6) is 0.639. The monoisotopic (exact) mass is 374 g/mol. The van der Waals surface area contributed by atoms with E-state index in [1.807, 2.05) is 0 Å². The summed E-state index contributed by atoms with van der Waals surface area (Å²) in [6.45, 7) is 0.769. The minimum atomic E-state index is -1.07. The Morgan fingerprint density at radius 2 is 2.15 bits per heavy atom. The Balaban J connectivity index is 1.75. The summed E-state index contributed by atoms with van der Waals surface area (Å²) in [7, 11) is 0. The standard InChI is InChI=1S/C18H20F2N6O/c19-11-1-2-16(27-6-4-21)13(7-11)15-8-12(20)10-25(15)17-3-5-26-18(24-17)14(22)9-23-26/h1-3,5,7,9,12,15H,4,6,8,10,21-22H2/t12-,15+/m0/s1. The van der Waals surface area contributed by atoms with Gasteiger partial charge >= 0.3 is 0 Å². The Morgan fingerprint density at radius 1 is 1.30 bits per heavy atom. The minimum absolute atomic E-state index is 0.148. The third kappa shape index (κ3) is 3.25. The second kappa shape index (κ2) is 6.99. The van der Waals surface area contributed by atoms with Crippen molar-refractivity contribution in [2.45, 2.75) is 18.6 Å². The predicted octanol–water partition coefficient (Wildman–Crippen LogP) is 2.08. The van der Waals surface area contributed by atoms with Crippen LogP contribution >= 0.6 is 0 Å². The van der Waals surface area contributed by atoms with Gasteiger partial charge in [0.1, 0.15) is 30.2 Å². The Hall–Kier alpha value is -2.94. The van der Waals surface area contributed by atoms with Gasteiger partial charge in [0.2, 0.25) is 0 Å². The molecule has 4 rings (SSSR count). The third-order valence-corrected chi connectivity index (χ3v) is 4.63. The average Bonchev–Trinajstić information content (AvgIpc) is 3.23. The van der Waals surface area contributed by atoms with Crippen LogP contribution in [0.15, 0.2) is 36.7 Å². The fourth-order valence-corrected chi connectivity index (χ4v) is 3.45. The molecule has 0 radical (unpaired) electrons. The van der Waals surface area contributed by atoms with Crippen LogP contribution in [0, 0.1) is 5.82 Å². The molecule has 1 aliphatic heterocycles. The van der Waals surface area contributed by atoms with Crippen LogP contribution in [0.4, 0.5) is 20.3 Å². The van der Waals surface area contributed by atoms with Crippen molar-refractivity contribution in [2.24, 2.45) is 5.73 Å². The number of anilines is 2. The van der Waals surface area contributed by atoms with Crippen molar-refractivity contribution in [2.75, 3.05) is 30.3 Å². The molecule has 1 fully saturated rings. The highest BCUT2D eigenvalue weighted by Gasteiger charge is 2.36. The van der Waals surface area contributed by atoms with Crippen molar-refractivity contribution in [3.05, 3.63) is 48.0 Å². The quantitative estimate of drug-likeness (QED) is 0.710. The van der Waals surface area contributed by atoms with Crippen LogP contribution in [0.5, 0.6) is 5.75 Å². The molecule has 3 aromatic rings. The summed E-state index contributed by atoms with van der Waals surface area (Å²) < 4.78 is 35.5. The number of hydrogen-bond acceptors (Lipinski definition) is 6. The summed E-state index contributed by atoms with van der Waals surface area (Å²) in [5.41, 5.74) is 12.9. The molecule has 27 heavy (non-hydrogen) atoms. The SMILES string of the molecule is NCCOc1ccc(F)cc1[C@H]1C[C@H](F)CN1c1ccn2ncc(N)c2n1. The highest BCUT2D eigenvalue weighted by molar-refractivity contribution is 5.66. The van der Waals surface area contributed by atoms with E-state index in [-0.39, 0.29) is 13.0 Å². The minimum Gasteiger partial charge on any atom is -0.492 e. The van der Waals surface area contributed by atoms with Crippen molar-refractivity contribution in [1.29, 1.82) is 0 Å². The second-order valence-electron chi connectivity index (χ2n) is 6.47. The molecule has 2 aromatic heterocycles. The molecule has 7 nitrogen and oxygen atoms in total. The van der Waals surface area contributed by atoms with Gasteiger partial charge in [-0.05, 0) is 24.3 Å². The highest BCUT2D eigenvalue weighted by atomic mass is 19.1. The molecule has 0 spiro atoms. The molecule has 142 valence electrons. The first-order valence-corrected chi connectivity index (χ1v) is 8.69. The molecular formula is C18H20F2N6O. The van der Waals surface area contributed by atoms with Crippen molar-refractivity contribution in [1.82, 2.24) is 14.6 Å². The van der Waals surface area contributed by atoms with Crippen LogP contribution in [-0.2, 0) is 0 Å². The zero-order valence-electron chi connectivity index (χ0n) is 14.6. The van der Waals surface area contributed by atoms with Crippen molar-refractivity contribution in [3.8, 4) is 5.75 Å². The maximum Gasteiger partial charge on any atom is 0.180 e. The summed E-state index contributed by atoms with van der Waals surface area (Å²) in [6, 6.07) is 5.58. The van der Waals surface area contributed by atoms with Crippen LogP contribution in [0.2, 0.25) is 0 Å². The van der Waals surface area contributed by atoms with Gasteiger partial charge in [-0.1, -0.05) is 0 Å². The fraction of sp³-hybridized carbons (Fsp3) is 0.333. The number of alkyl halides is 1. The smallest absolute Gasteiger partial charge is 0.180 e. The van der Waals surface area contributed by atoms with Gasteiger partial charge in [0, 0.05) is 24.7 Å². The van der Waals surface area contributed by atoms with Gasteiger partial charge in [-0.2, -0.15) is 5.10 Å². The van der Waals surface area contributed by atoms with Crippen LogP contribution < -0.4 is 21.1 Å². The van der Waals surface area contributed by atoms with Gasteiger partial charge in [-0.3, -0.25) is 0 Å². The number of nitrogen functional groups attached to an aromatic ring is 1. The second-order valence-corrected chi connectivity index (χ2v) is 6.47. The fourth-order valence-electron chi connectivity index (χ4n) is 3.45. The first kappa shape index (κ1) is 17.5. The van der Waals surface area contributed by atoms with E-state index < -0.39 is 18.0 Å². The van der Waals surface area contributed by atoms with E-state index in [1.165, 1.54) is 18.3 Å². The molecule has 0 amide bonds. The number of hydrogen-bond donors (Lipinski definition) is 2. The molecule has 9 heteroatoms. The van der Waals surface area contributed by atoms with Crippen LogP contribution in [-0.4, -0.2) is 40.5 Å². The van der Waals surface area contributed by atoms with Crippen LogP contribution in [0.1, 0.15) is 18.0 Å². The number of benzene rings is 1. The zero-order chi connectivity index (χ0) is 19.0. The lowest BCUT2D eigenvalue weighted by Crippen LogP contribution is -2.25. The highest BCUT2D eigenvalue weighted by Crippen LogP contribution is 2.40. The Bertz CT molecular complexity index is 962. The summed E-state index contributed by atoms with van der Waals surface area (Å²) in [5, 5.41) is 4.09. The van der Waals surface area contributed by atoms with E-state index in [9.17, 15) is 8.78 Å². The number of aromatic nitrogens is 3. The van der Waals surface area contributed by atoms with Gasteiger partial charge < -0.3 is 21.1 Å². The van der Waals surface area contributed by atoms with Gasteiger partial charge in [-0.15, -0.1) is 0 Å². The number of ether oxygens (including phenoxy) is 1. The zero-order valence-corrected chi connectivity index (χ0v) is 14.6. The number of halogens is 2. The molecule has 0 bridgehead atoms. The average molecular weight is 374 g/mol. The molecule has 0 saturated carbocycles. The maximum absolute atomic E-state index is 14.3. The van der Waals surface area contributed by atoms with E-state index >= 15 is 0 Å². The molecule has 3 heterocycles. The summed E-state index contributed by atoms with van der Waals surface area (Å²) in [6.07, 6.45) is 2.37. The van der Waals surface area contributed by atoms with Gasteiger partial charge in [-0.25, -0.2) is 18.3 Å². The Morgan fingerprint density at radius 3 is 2.96 bits per heavy atom. The normalized spacial score (nSPS) is 19.7. The number of nitrogens with two attached hydrogens (primary N) is 2. The Labute approximate surface area is 154 Å². The first-order valence-electron chi connectivity index (χ1n) is 8.69. The molecule has 1 aliphatic rings. The van der Waals surface area contributed by atoms with E-state index in [0.717, 1.165) is 0 Å². The first-order chi connectivity index (χ1) is 13.1. The van der Waals surface area contributed by atoms with Crippen molar-refractivity contribution in [3.63, 3.8) is 0 Å². The number of rotatable bonds is 5. The number of fused-ring (bicyclic) bond motifs is 1. The summed E-state index contributed by atoms with van der Waals surface area (Å²) in [4.78, 5) is 6.33. The van der Waals surface area contributed by atoms with Crippen molar-refractivity contribution >= 4 is 17.2 Å². The van der Waals surface area contributed by atoms with Crippen molar-refractivity contribution < 1.29 is 13.5 Å². The van der Waals surface area contributed by atoms with E-state index in [4.69, 9.17) is 16.2 Å². The topological polar surface area (TPSA) is 94.7 Å². The third-order valence-electron chi connectivity index (χ3n) is 4.63. The lowest BCUT2D eigenvalue weighted by Gasteiger charge is -2.27. The van der Waals surface area contributed by atoms with Gasteiger partial charge in [0.05, 0.1) is 24.5 Å². The number of nitrogens with zero attached hydrogens (tertiary/aromatic N) is 4. The van der Waals surface area contributed by atoms with Gasteiger partial charge in [0.15, 0.2) is 5.65 Å². The van der Waals surface area contributed by atoms with Gasteiger partial charge in [0.25, 0.3) is 0 Å². The molecule has 1 saturated heterocycles. The molecule has 1 aromatic carbocycles. The van der Waals surface area contributed by atoms with Crippen LogP contribution in [0.3, 0.4) is 0 Å². The predicted molar refractivity (Wildman–Crippen MR) is 97.9 cm³/mol.